The first kappa shape index (κ1) is 17.4. The average molecular weight is 336 g/mol. The Bertz CT molecular complexity index is 747. The monoisotopic (exact) mass is 336 g/mol. The van der Waals surface area contributed by atoms with E-state index < -0.39 is 18.0 Å². The Morgan fingerprint density at radius 2 is 2.17 bits per heavy atom. The number of rotatable bonds is 6. The second-order valence-corrected chi connectivity index (χ2v) is 5.19. The summed E-state index contributed by atoms with van der Waals surface area (Å²) in [6.45, 7) is 3.28. The van der Waals surface area contributed by atoms with Crippen LogP contribution in [0.1, 0.15) is 30.8 Å². The van der Waals surface area contributed by atoms with Crippen molar-refractivity contribution in [3.8, 4) is 11.4 Å². The number of carboxylic acids is 1. The maximum Gasteiger partial charge on any atom is 0.315 e. The van der Waals surface area contributed by atoms with E-state index in [-0.39, 0.29) is 30.5 Å². The molecule has 1 heterocycles. The summed E-state index contributed by atoms with van der Waals surface area (Å²) in [5.74, 6) is -1.01. The van der Waals surface area contributed by atoms with Gasteiger partial charge in [0.2, 0.25) is 11.7 Å². The lowest BCUT2D eigenvalue weighted by molar-refractivity contribution is -0.136. The van der Waals surface area contributed by atoms with Crippen molar-refractivity contribution in [2.24, 2.45) is 0 Å². The molecule has 0 saturated carbocycles. The predicted molar refractivity (Wildman–Crippen MR) is 81.6 cm³/mol. The maximum absolute atomic E-state index is 13.6. The van der Waals surface area contributed by atoms with E-state index in [2.05, 4.69) is 20.8 Å². The summed E-state index contributed by atoms with van der Waals surface area (Å²) in [4.78, 5) is 26.1. The van der Waals surface area contributed by atoms with Crippen LogP contribution in [0, 0.1) is 12.7 Å². The normalized spacial score (nSPS) is 11.8. The number of aliphatic carboxylic acids is 1. The van der Waals surface area contributed by atoms with Gasteiger partial charge in [0.15, 0.2) is 0 Å². The fourth-order valence-electron chi connectivity index (χ4n) is 1.85. The van der Waals surface area contributed by atoms with E-state index in [0.29, 0.717) is 11.1 Å². The zero-order valence-corrected chi connectivity index (χ0v) is 13.2. The largest absolute Gasteiger partial charge is 0.481 e. The third-order valence-electron chi connectivity index (χ3n) is 3.21. The van der Waals surface area contributed by atoms with E-state index in [1.165, 1.54) is 6.07 Å². The summed E-state index contributed by atoms with van der Waals surface area (Å²) < 4.78 is 18.7. The van der Waals surface area contributed by atoms with Gasteiger partial charge in [0.1, 0.15) is 11.9 Å². The van der Waals surface area contributed by atoms with Crippen LogP contribution in [0.15, 0.2) is 22.7 Å². The summed E-state index contributed by atoms with van der Waals surface area (Å²) >= 11 is 0. The standard InChI is InChI=1S/C15H17FN4O4/c1-8-3-4-10(7-11(8)16)13-19-14(24-20-13)9(2)18-15(23)17-6-5-12(21)22/h3-4,7,9H,5-6H2,1-2H3,(H,21,22)(H2,17,18,23). The summed E-state index contributed by atoms with van der Waals surface area (Å²) in [5, 5.41) is 17.2. The lowest BCUT2D eigenvalue weighted by atomic mass is 10.1. The number of aryl methyl sites for hydroxylation is 1. The van der Waals surface area contributed by atoms with Crippen LogP contribution in [-0.2, 0) is 4.79 Å². The number of halogens is 1. The van der Waals surface area contributed by atoms with Gasteiger partial charge in [-0.05, 0) is 25.5 Å². The van der Waals surface area contributed by atoms with E-state index in [1.54, 1.807) is 26.0 Å². The van der Waals surface area contributed by atoms with Gasteiger partial charge >= 0.3 is 12.0 Å². The molecular formula is C15H17FN4O4. The third-order valence-corrected chi connectivity index (χ3v) is 3.21. The number of urea groups is 1. The molecular weight excluding hydrogens is 319 g/mol. The number of carbonyl (C=O) groups excluding carboxylic acids is 1. The number of carboxylic acid groups (broad SMARTS) is 1. The number of aromatic nitrogens is 2. The average Bonchev–Trinajstić information content (AvgIpc) is 2.99. The molecule has 0 radical (unpaired) electrons. The molecule has 0 bridgehead atoms. The highest BCUT2D eigenvalue weighted by Gasteiger charge is 2.17. The second-order valence-electron chi connectivity index (χ2n) is 5.19. The molecule has 0 aliphatic heterocycles. The first-order valence-electron chi connectivity index (χ1n) is 7.23. The lowest BCUT2D eigenvalue weighted by Gasteiger charge is -2.10. The maximum atomic E-state index is 13.6. The molecule has 0 aliphatic carbocycles. The number of nitrogens with zero attached hydrogens (tertiary/aromatic N) is 2. The first-order chi connectivity index (χ1) is 11.4. The Morgan fingerprint density at radius 3 is 2.83 bits per heavy atom. The third kappa shape index (κ3) is 4.51. The molecule has 1 unspecified atom stereocenters. The van der Waals surface area contributed by atoms with Gasteiger partial charge in [0.05, 0.1) is 6.42 Å². The highest BCUT2D eigenvalue weighted by molar-refractivity contribution is 5.75. The van der Waals surface area contributed by atoms with Crippen molar-refractivity contribution in [3.63, 3.8) is 0 Å². The van der Waals surface area contributed by atoms with E-state index in [9.17, 15) is 14.0 Å². The van der Waals surface area contributed by atoms with Gasteiger partial charge in [-0.2, -0.15) is 4.98 Å². The molecule has 2 aromatic rings. The van der Waals surface area contributed by atoms with E-state index in [0.717, 1.165) is 0 Å². The molecule has 0 fully saturated rings. The fraction of sp³-hybridized carbons (Fsp3) is 0.333. The molecule has 2 rings (SSSR count). The molecule has 0 spiro atoms. The predicted octanol–water partition coefficient (Wildman–Crippen LogP) is 2.02. The lowest BCUT2D eigenvalue weighted by Crippen LogP contribution is -2.38. The fourth-order valence-corrected chi connectivity index (χ4v) is 1.85. The highest BCUT2D eigenvalue weighted by Crippen LogP contribution is 2.20. The number of hydrogen-bond acceptors (Lipinski definition) is 5. The van der Waals surface area contributed by atoms with Crippen LogP contribution >= 0.6 is 0 Å². The SMILES string of the molecule is Cc1ccc(-c2noc(C(C)NC(=O)NCCC(=O)O)n2)cc1F. The van der Waals surface area contributed by atoms with Gasteiger partial charge in [-0.3, -0.25) is 4.79 Å². The molecule has 8 nitrogen and oxygen atoms in total. The Labute approximate surface area is 137 Å². The van der Waals surface area contributed by atoms with Gasteiger partial charge in [-0.1, -0.05) is 17.3 Å². The quantitative estimate of drug-likeness (QED) is 0.743. The van der Waals surface area contributed by atoms with Gasteiger partial charge < -0.3 is 20.3 Å². The molecule has 24 heavy (non-hydrogen) atoms. The second kappa shape index (κ2) is 7.53. The van der Waals surface area contributed by atoms with Crippen molar-refractivity contribution >= 4 is 12.0 Å². The minimum absolute atomic E-state index is 0.00557. The zero-order valence-electron chi connectivity index (χ0n) is 13.2. The van der Waals surface area contributed by atoms with E-state index >= 15 is 0 Å². The number of amides is 2. The van der Waals surface area contributed by atoms with Gasteiger partial charge in [-0.25, -0.2) is 9.18 Å². The molecule has 128 valence electrons. The van der Waals surface area contributed by atoms with Crippen molar-refractivity contribution in [2.75, 3.05) is 6.54 Å². The van der Waals surface area contributed by atoms with Gasteiger partial charge in [0, 0.05) is 12.1 Å². The minimum atomic E-state index is -1.00. The molecule has 0 aliphatic rings. The van der Waals surface area contributed by atoms with Crippen molar-refractivity contribution in [1.82, 2.24) is 20.8 Å². The number of carbonyl (C=O) groups is 2. The smallest absolute Gasteiger partial charge is 0.315 e. The van der Waals surface area contributed by atoms with Crippen molar-refractivity contribution in [2.45, 2.75) is 26.3 Å². The molecule has 1 aromatic heterocycles. The van der Waals surface area contributed by atoms with Crippen LogP contribution < -0.4 is 10.6 Å². The molecule has 2 amide bonds. The number of nitrogens with one attached hydrogen (secondary N) is 2. The van der Waals surface area contributed by atoms with E-state index in [1.807, 2.05) is 0 Å². The van der Waals surface area contributed by atoms with Crippen LogP contribution in [-0.4, -0.2) is 33.8 Å². The summed E-state index contributed by atoms with van der Waals surface area (Å²) in [6.07, 6.45) is -0.175. The van der Waals surface area contributed by atoms with Crippen LogP contribution in [0.5, 0.6) is 0 Å². The van der Waals surface area contributed by atoms with Crippen molar-refractivity contribution in [1.29, 1.82) is 0 Å². The molecule has 9 heteroatoms. The van der Waals surface area contributed by atoms with Gasteiger partial charge in [-0.15, -0.1) is 0 Å². The molecule has 3 N–H and O–H groups in total. The Hall–Kier alpha value is -2.97. The summed E-state index contributed by atoms with van der Waals surface area (Å²) in [7, 11) is 0. The van der Waals surface area contributed by atoms with E-state index in [4.69, 9.17) is 9.63 Å². The zero-order chi connectivity index (χ0) is 17.7. The van der Waals surface area contributed by atoms with Crippen LogP contribution in [0.25, 0.3) is 11.4 Å². The highest BCUT2D eigenvalue weighted by atomic mass is 19.1. The summed E-state index contributed by atoms with van der Waals surface area (Å²) in [5.41, 5.74) is 0.974. The molecule has 1 atom stereocenters. The topological polar surface area (TPSA) is 117 Å². The Morgan fingerprint density at radius 1 is 1.42 bits per heavy atom. The minimum Gasteiger partial charge on any atom is -0.481 e. The van der Waals surface area contributed by atoms with Crippen molar-refractivity contribution < 1.29 is 23.6 Å². The summed E-state index contributed by atoms with van der Waals surface area (Å²) in [6, 6.07) is 3.44. The van der Waals surface area contributed by atoms with Crippen LogP contribution in [0.2, 0.25) is 0 Å². The van der Waals surface area contributed by atoms with Crippen molar-refractivity contribution in [3.05, 3.63) is 35.5 Å². The Balaban J connectivity index is 1.97. The molecule has 0 saturated heterocycles. The first-order valence-corrected chi connectivity index (χ1v) is 7.23. The number of benzene rings is 1. The number of hydrogen-bond donors (Lipinski definition) is 3. The van der Waals surface area contributed by atoms with Crippen LogP contribution in [0.3, 0.4) is 0 Å². The Kier molecular flexibility index (Phi) is 5.46. The molecule has 1 aromatic carbocycles. The van der Waals surface area contributed by atoms with Gasteiger partial charge in [0.25, 0.3) is 0 Å². The van der Waals surface area contributed by atoms with Crippen LogP contribution in [0.4, 0.5) is 9.18 Å².